The number of pyridine rings is 1. The molecule has 3 aromatic rings. The van der Waals surface area contributed by atoms with E-state index < -0.39 is 0 Å². The topological polar surface area (TPSA) is 70.7 Å². The summed E-state index contributed by atoms with van der Waals surface area (Å²) in [5, 5.41) is 11.8. The number of anilines is 1. The number of allylic oxidation sites excluding steroid dienone is 4. The highest BCUT2D eigenvalue weighted by Gasteiger charge is 2.34. The van der Waals surface area contributed by atoms with Crippen molar-refractivity contribution in [1.82, 2.24) is 0 Å². The standard InChI is InChI=1S/C28H21IN2O4/c1-16(32)35-22-9-11-26-18(13-22)5-8-21(31(26)3)15-24-27(33)23(28(24)34)14-20-7-4-17-12-19(29)6-10-25(17)30(20)2/h4-15H,1-3H3/p+1. The minimum absolute atomic E-state index is 0.0111. The number of esters is 1. The highest BCUT2D eigenvalue weighted by Crippen LogP contribution is 2.36. The molecule has 0 bridgehead atoms. The molecule has 6 nitrogen and oxygen atoms in total. The van der Waals surface area contributed by atoms with Crippen LogP contribution in [0.1, 0.15) is 18.2 Å². The average Bonchev–Trinajstić information content (AvgIpc) is 2.82. The predicted octanol–water partition coefficient (Wildman–Crippen LogP) is 5.02. The molecule has 1 N–H and O–H groups in total. The monoisotopic (exact) mass is 577 g/mol. The summed E-state index contributed by atoms with van der Waals surface area (Å²) in [6, 6.07) is 15.5. The Morgan fingerprint density at radius 2 is 1.89 bits per heavy atom. The summed E-state index contributed by atoms with van der Waals surface area (Å²) in [5.74, 6) is -0.110. The van der Waals surface area contributed by atoms with Crippen LogP contribution >= 0.6 is 22.6 Å². The molecule has 2 aliphatic rings. The number of halogens is 1. The first kappa shape index (κ1) is 23.0. The van der Waals surface area contributed by atoms with Gasteiger partial charge < -0.3 is 14.7 Å². The third-order valence-corrected chi connectivity index (χ3v) is 6.87. The van der Waals surface area contributed by atoms with Gasteiger partial charge in [0.05, 0.1) is 11.1 Å². The third-order valence-electron chi connectivity index (χ3n) is 6.20. The number of aromatic nitrogens is 1. The Hall–Kier alpha value is -3.72. The Bertz CT molecular complexity index is 1560. The summed E-state index contributed by atoms with van der Waals surface area (Å²) in [5.41, 5.74) is 4.99. The van der Waals surface area contributed by atoms with Gasteiger partial charge in [0.25, 0.3) is 0 Å². The maximum Gasteiger partial charge on any atom is 0.308 e. The van der Waals surface area contributed by atoms with Crippen LogP contribution in [0.5, 0.6) is 5.75 Å². The molecule has 0 fully saturated rings. The van der Waals surface area contributed by atoms with Gasteiger partial charge in [0.2, 0.25) is 17.0 Å². The first-order valence-corrected chi connectivity index (χ1v) is 12.0. The van der Waals surface area contributed by atoms with Crippen LogP contribution in [-0.4, -0.2) is 23.9 Å². The Morgan fingerprint density at radius 1 is 1.09 bits per heavy atom. The third kappa shape index (κ3) is 4.16. The zero-order valence-electron chi connectivity index (χ0n) is 19.4. The van der Waals surface area contributed by atoms with E-state index in [-0.39, 0.29) is 23.1 Å². The molecule has 2 aromatic carbocycles. The second kappa shape index (κ2) is 8.81. The molecule has 0 spiro atoms. The van der Waals surface area contributed by atoms with Crippen LogP contribution < -0.4 is 14.2 Å². The van der Waals surface area contributed by atoms with Crippen LogP contribution in [0.3, 0.4) is 0 Å². The molecule has 0 saturated heterocycles. The maximum atomic E-state index is 12.9. The number of aryl methyl sites for hydroxylation is 1. The van der Waals surface area contributed by atoms with Crippen LogP contribution in [0, 0.1) is 3.57 Å². The normalized spacial score (nSPS) is 17.3. The number of ether oxygens (including phenoxy) is 1. The summed E-state index contributed by atoms with van der Waals surface area (Å²) in [6.45, 7) is 1.36. The van der Waals surface area contributed by atoms with Crippen molar-refractivity contribution in [3.05, 3.63) is 98.1 Å². The molecule has 0 unspecified atom stereocenters. The number of carbonyl (C=O) groups excluding carboxylic acids is 2. The van der Waals surface area contributed by atoms with E-state index in [4.69, 9.17) is 4.74 Å². The minimum Gasteiger partial charge on any atom is -0.506 e. The smallest absolute Gasteiger partial charge is 0.308 e. The molecule has 1 aromatic heterocycles. The van der Waals surface area contributed by atoms with Gasteiger partial charge in [0.1, 0.15) is 18.6 Å². The van der Waals surface area contributed by atoms with Gasteiger partial charge in [0, 0.05) is 58.1 Å². The quantitative estimate of drug-likeness (QED) is 0.156. The number of aliphatic hydroxyl groups excluding tert-OH is 1. The number of carbonyl (C=O) groups is 2. The number of rotatable bonds is 3. The van der Waals surface area contributed by atoms with Crippen molar-refractivity contribution in [3.8, 4) is 5.75 Å². The van der Waals surface area contributed by atoms with E-state index in [1.54, 1.807) is 24.3 Å². The van der Waals surface area contributed by atoms with Gasteiger partial charge >= 0.3 is 5.97 Å². The molecule has 1 aliphatic carbocycles. The minimum atomic E-state index is -0.375. The predicted molar refractivity (Wildman–Crippen MR) is 144 cm³/mol. The summed E-state index contributed by atoms with van der Waals surface area (Å²) in [6.07, 6.45) is 7.17. The number of Topliss-reactive ketones (excluding diaryl/α,β-unsaturated/α-hetero) is 1. The SMILES string of the molecule is CC(=O)Oc1ccc2c(c1)C=C/C(=C/C1=C(O)C(=C/c3ccc4cc(I)ccc4[n+]3C)/C1=O)N2C. The first-order chi connectivity index (χ1) is 16.7. The summed E-state index contributed by atoms with van der Waals surface area (Å²) >= 11 is 2.28. The molecule has 174 valence electrons. The molecule has 0 amide bonds. The van der Waals surface area contributed by atoms with E-state index in [9.17, 15) is 14.7 Å². The molecule has 35 heavy (non-hydrogen) atoms. The lowest BCUT2D eigenvalue weighted by molar-refractivity contribution is -0.646. The number of aliphatic hydroxyl groups is 1. The summed E-state index contributed by atoms with van der Waals surface area (Å²) in [4.78, 5) is 26.1. The van der Waals surface area contributed by atoms with Crippen LogP contribution in [0.4, 0.5) is 5.69 Å². The van der Waals surface area contributed by atoms with E-state index in [0.29, 0.717) is 11.3 Å². The van der Waals surface area contributed by atoms with Gasteiger partial charge in [-0.05, 0) is 71.1 Å². The second-order valence-electron chi connectivity index (χ2n) is 8.45. The van der Waals surface area contributed by atoms with Gasteiger partial charge in [-0.25, -0.2) is 0 Å². The highest BCUT2D eigenvalue weighted by molar-refractivity contribution is 14.1. The molecular formula is C28H22IN2O4+. The molecule has 5 rings (SSSR count). The fourth-order valence-electron chi connectivity index (χ4n) is 4.31. The maximum absolute atomic E-state index is 12.9. The molecule has 7 heteroatoms. The number of ketones is 1. The highest BCUT2D eigenvalue weighted by atomic mass is 127. The molecule has 0 radical (unpaired) electrons. The van der Waals surface area contributed by atoms with Gasteiger partial charge in [-0.1, -0.05) is 6.08 Å². The van der Waals surface area contributed by atoms with Crippen molar-refractivity contribution in [2.24, 2.45) is 7.05 Å². The fraction of sp³-hybridized carbons (Fsp3) is 0.107. The van der Waals surface area contributed by atoms with E-state index in [1.165, 1.54) is 6.92 Å². The zero-order chi connectivity index (χ0) is 24.9. The molecule has 2 heterocycles. The van der Waals surface area contributed by atoms with Gasteiger partial charge in [-0.3, -0.25) is 9.59 Å². The van der Waals surface area contributed by atoms with Crippen molar-refractivity contribution in [3.63, 3.8) is 0 Å². The summed E-state index contributed by atoms with van der Waals surface area (Å²) in [7, 11) is 3.83. The van der Waals surface area contributed by atoms with E-state index in [0.717, 1.165) is 37.1 Å². The zero-order valence-corrected chi connectivity index (χ0v) is 21.5. The van der Waals surface area contributed by atoms with Crippen LogP contribution in [0.2, 0.25) is 0 Å². The lowest BCUT2D eigenvalue weighted by Crippen LogP contribution is -2.33. The van der Waals surface area contributed by atoms with E-state index in [2.05, 4.69) is 28.7 Å². The molecule has 0 saturated carbocycles. The number of hydrogen-bond donors (Lipinski definition) is 1. The largest absolute Gasteiger partial charge is 0.506 e. The van der Waals surface area contributed by atoms with Crippen molar-refractivity contribution < 1.29 is 24.0 Å². The Balaban J connectivity index is 1.45. The van der Waals surface area contributed by atoms with Crippen LogP contribution in [0.25, 0.3) is 23.1 Å². The first-order valence-electron chi connectivity index (χ1n) is 11.0. The summed E-state index contributed by atoms with van der Waals surface area (Å²) < 4.78 is 8.32. The number of fused-ring (bicyclic) bond motifs is 2. The van der Waals surface area contributed by atoms with E-state index in [1.807, 2.05) is 66.0 Å². The van der Waals surface area contributed by atoms with Crippen LogP contribution in [-0.2, 0) is 16.6 Å². The Labute approximate surface area is 216 Å². The molecule has 0 atom stereocenters. The number of benzene rings is 2. The average molecular weight is 577 g/mol. The van der Waals surface area contributed by atoms with Gasteiger partial charge in [-0.15, -0.1) is 0 Å². The van der Waals surface area contributed by atoms with Gasteiger partial charge in [-0.2, -0.15) is 4.57 Å². The van der Waals surface area contributed by atoms with Crippen molar-refractivity contribution >= 4 is 63.1 Å². The number of likely N-dealkylation sites (N-methyl/N-ethyl adjacent to an activating group) is 1. The fourth-order valence-corrected chi connectivity index (χ4v) is 4.83. The number of nitrogens with zero attached hydrogens (tertiary/aromatic N) is 2. The lowest BCUT2D eigenvalue weighted by atomic mass is 9.86. The van der Waals surface area contributed by atoms with Crippen molar-refractivity contribution in [2.75, 3.05) is 11.9 Å². The second-order valence-corrected chi connectivity index (χ2v) is 9.69. The lowest BCUT2D eigenvalue weighted by Gasteiger charge is -2.28. The Kier molecular flexibility index (Phi) is 5.80. The van der Waals surface area contributed by atoms with Crippen molar-refractivity contribution in [2.45, 2.75) is 6.92 Å². The molecule has 1 aliphatic heterocycles. The Morgan fingerprint density at radius 3 is 2.63 bits per heavy atom. The van der Waals surface area contributed by atoms with E-state index >= 15 is 0 Å². The van der Waals surface area contributed by atoms with Crippen LogP contribution in [0.15, 0.2) is 83.3 Å². The number of hydrogen-bond acceptors (Lipinski definition) is 5. The van der Waals surface area contributed by atoms with Gasteiger partial charge in [0.15, 0.2) is 0 Å². The molecular weight excluding hydrogens is 555 g/mol. The van der Waals surface area contributed by atoms with Crippen molar-refractivity contribution in [1.29, 1.82) is 0 Å².